The molecular formula is C24H29N3O. The largest absolute Gasteiger partial charge is 0.342 e. The van der Waals surface area contributed by atoms with Crippen LogP contribution in [0.3, 0.4) is 0 Å². The van der Waals surface area contributed by atoms with E-state index in [1.54, 1.807) is 4.90 Å². The van der Waals surface area contributed by atoms with E-state index < -0.39 is 0 Å². The Morgan fingerprint density at radius 3 is 2.04 bits per heavy atom. The van der Waals surface area contributed by atoms with Gasteiger partial charge in [-0.15, -0.1) is 0 Å². The van der Waals surface area contributed by atoms with Gasteiger partial charge in [-0.25, -0.2) is 9.89 Å². The van der Waals surface area contributed by atoms with Gasteiger partial charge in [0.15, 0.2) is 0 Å². The van der Waals surface area contributed by atoms with Crippen LogP contribution in [0.2, 0.25) is 0 Å². The molecule has 0 spiro atoms. The maximum Gasteiger partial charge on any atom is 0.283 e. The second-order valence-electron chi connectivity index (χ2n) is 7.02. The highest BCUT2D eigenvalue weighted by molar-refractivity contribution is 6.28. The molecule has 0 unspecified atom stereocenters. The number of hydrogen-bond acceptors (Lipinski definition) is 3. The van der Waals surface area contributed by atoms with Crippen molar-refractivity contribution in [2.75, 3.05) is 18.0 Å². The van der Waals surface area contributed by atoms with E-state index >= 15 is 0 Å². The SMILES string of the molecule is CCCCN(CCCC)C1=N/C(=C/c2ccccc2)C(=O)N1c1ccccc1. The molecule has 4 nitrogen and oxygen atoms in total. The number of unbranched alkanes of at least 4 members (excludes halogenated alkanes) is 2. The fourth-order valence-corrected chi connectivity index (χ4v) is 3.24. The van der Waals surface area contributed by atoms with Gasteiger partial charge in [-0.3, -0.25) is 4.79 Å². The fraction of sp³-hybridized carbons (Fsp3) is 0.333. The van der Waals surface area contributed by atoms with Gasteiger partial charge >= 0.3 is 0 Å². The topological polar surface area (TPSA) is 35.9 Å². The summed E-state index contributed by atoms with van der Waals surface area (Å²) in [6.45, 7) is 6.19. The Kier molecular flexibility index (Phi) is 7.01. The van der Waals surface area contributed by atoms with Gasteiger partial charge in [0.1, 0.15) is 5.70 Å². The molecule has 0 aromatic heterocycles. The molecule has 1 aliphatic rings. The van der Waals surface area contributed by atoms with Crippen molar-refractivity contribution in [3.8, 4) is 0 Å². The first-order valence-electron chi connectivity index (χ1n) is 10.2. The second-order valence-corrected chi connectivity index (χ2v) is 7.02. The molecule has 1 heterocycles. The Hall–Kier alpha value is -2.88. The Labute approximate surface area is 168 Å². The zero-order valence-corrected chi connectivity index (χ0v) is 16.8. The first kappa shape index (κ1) is 19.9. The van der Waals surface area contributed by atoms with Crippen LogP contribution in [0.25, 0.3) is 6.08 Å². The van der Waals surface area contributed by atoms with Crippen molar-refractivity contribution in [2.45, 2.75) is 39.5 Å². The lowest BCUT2D eigenvalue weighted by Gasteiger charge is -2.29. The Morgan fingerprint density at radius 2 is 1.46 bits per heavy atom. The maximum absolute atomic E-state index is 13.3. The number of benzene rings is 2. The number of anilines is 1. The number of amides is 1. The summed E-state index contributed by atoms with van der Waals surface area (Å²) < 4.78 is 0. The van der Waals surface area contributed by atoms with Crippen LogP contribution in [0.5, 0.6) is 0 Å². The van der Waals surface area contributed by atoms with Crippen LogP contribution in [0.15, 0.2) is 71.4 Å². The molecule has 2 aromatic carbocycles. The van der Waals surface area contributed by atoms with E-state index in [1.165, 1.54) is 0 Å². The number of carbonyl (C=O) groups excluding carboxylic acids is 1. The summed E-state index contributed by atoms with van der Waals surface area (Å²) in [4.78, 5) is 22.1. The van der Waals surface area contributed by atoms with Crippen LogP contribution >= 0.6 is 0 Å². The highest BCUT2D eigenvalue weighted by atomic mass is 16.2. The molecule has 0 saturated heterocycles. The third-order valence-electron chi connectivity index (χ3n) is 4.81. The number of guanidine groups is 1. The van der Waals surface area contributed by atoms with Crippen molar-refractivity contribution < 1.29 is 4.79 Å². The summed E-state index contributed by atoms with van der Waals surface area (Å²) in [5.74, 6) is 0.684. The normalized spacial score (nSPS) is 15.2. The summed E-state index contributed by atoms with van der Waals surface area (Å²) >= 11 is 0. The van der Waals surface area contributed by atoms with Crippen LogP contribution in [0.4, 0.5) is 5.69 Å². The Balaban J connectivity index is 2.00. The summed E-state index contributed by atoms with van der Waals surface area (Å²) in [5.41, 5.74) is 2.33. The van der Waals surface area contributed by atoms with Crippen molar-refractivity contribution >= 4 is 23.6 Å². The smallest absolute Gasteiger partial charge is 0.283 e. The van der Waals surface area contributed by atoms with E-state index in [0.29, 0.717) is 5.70 Å². The Morgan fingerprint density at radius 1 is 0.893 bits per heavy atom. The van der Waals surface area contributed by atoms with Gasteiger partial charge in [-0.05, 0) is 36.6 Å². The van der Waals surface area contributed by atoms with E-state index in [2.05, 4.69) is 18.7 Å². The molecule has 0 bridgehead atoms. The van der Waals surface area contributed by atoms with E-state index in [4.69, 9.17) is 4.99 Å². The molecule has 4 heteroatoms. The van der Waals surface area contributed by atoms with E-state index in [9.17, 15) is 4.79 Å². The van der Waals surface area contributed by atoms with Gasteiger partial charge in [-0.2, -0.15) is 0 Å². The van der Waals surface area contributed by atoms with Crippen molar-refractivity contribution in [3.63, 3.8) is 0 Å². The van der Waals surface area contributed by atoms with Crippen molar-refractivity contribution in [2.24, 2.45) is 4.99 Å². The third kappa shape index (κ3) is 4.69. The van der Waals surface area contributed by atoms with Crippen molar-refractivity contribution in [1.82, 2.24) is 4.90 Å². The van der Waals surface area contributed by atoms with Gasteiger partial charge in [-0.1, -0.05) is 75.2 Å². The highest BCUT2D eigenvalue weighted by Crippen LogP contribution is 2.26. The zero-order chi connectivity index (χ0) is 19.8. The summed E-state index contributed by atoms with van der Waals surface area (Å²) in [6, 6.07) is 19.7. The zero-order valence-electron chi connectivity index (χ0n) is 16.8. The molecule has 0 N–H and O–H groups in total. The second kappa shape index (κ2) is 9.88. The number of nitrogens with zero attached hydrogens (tertiary/aromatic N) is 3. The molecule has 0 saturated carbocycles. The summed E-state index contributed by atoms with van der Waals surface area (Å²) in [7, 11) is 0. The molecule has 2 aromatic rings. The van der Waals surface area contributed by atoms with E-state index in [1.807, 2.05) is 66.7 Å². The lowest BCUT2D eigenvalue weighted by molar-refractivity contribution is -0.113. The summed E-state index contributed by atoms with van der Waals surface area (Å²) in [5, 5.41) is 0. The molecule has 3 rings (SSSR count). The molecule has 1 aliphatic heterocycles. The van der Waals surface area contributed by atoms with Gasteiger partial charge in [0.05, 0.1) is 5.69 Å². The highest BCUT2D eigenvalue weighted by Gasteiger charge is 2.34. The maximum atomic E-state index is 13.3. The average molecular weight is 376 g/mol. The fourth-order valence-electron chi connectivity index (χ4n) is 3.24. The predicted octanol–water partition coefficient (Wildman–Crippen LogP) is 5.33. The van der Waals surface area contributed by atoms with Crippen molar-refractivity contribution in [1.29, 1.82) is 0 Å². The van der Waals surface area contributed by atoms with Gasteiger partial charge in [0.2, 0.25) is 5.96 Å². The van der Waals surface area contributed by atoms with Crippen LogP contribution in [0, 0.1) is 0 Å². The molecule has 28 heavy (non-hydrogen) atoms. The van der Waals surface area contributed by atoms with Gasteiger partial charge in [0, 0.05) is 13.1 Å². The number of aliphatic imine (C=N–C) groups is 1. The van der Waals surface area contributed by atoms with E-state index in [0.717, 1.165) is 56.0 Å². The van der Waals surface area contributed by atoms with Crippen LogP contribution in [0.1, 0.15) is 45.1 Å². The third-order valence-corrected chi connectivity index (χ3v) is 4.81. The minimum absolute atomic E-state index is 0.0666. The van der Waals surface area contributed by atoms with E-state index in [-0.39, 0.29) is 5.91 Å². The number of para-hydroxylation sites is 1. The molecule has 0 aliphatic carbocycles. The molecule has 1 amide bonds. The quantitative estimate of drug-likeness (QED) is 0.585. The minimum Gasteiger partial charge on any atom is -0.342 e. The number of carbonyl (C=O) groups is 1. The van der Waals surface area contributed by atoms with Crippen molar-refractivity contribution in [3.05, 3.63) is 71.9 Å². The van der Waals surface area contributed by atoms with Crippen LogP contribution < -0.4 is 4.90 Å². The molecule has 0 atom stereocenters. The molecule has 0 fully saturated rings. The summed E-state index contributed by atoms with van der Waals surface area (Å²) in [6.07, 6.45) is 6.27. The number of rotatable bonds is 8. The van der Waals surface area contributed by atoms with Gasteiger partial charge < -0.3 is 4.90 Å². The first-order chi connectivity index (χ1) is 13.7. The predicted molar refractivity (Wildman–Crippen MR) is 117 cm³/mol. The Bertz CT molecular complexity index is 819. The standard InChI is InChI=1S/C24H29N3O/c1-3-5-17-26(18-6-4-2)24-25-22(19-20-13-9-7-10-14-20)23(28)27(24)21-15-11-8-12-16-21/h7-16,19H,3-6,17-18H2,1-2H3/b22-19+. The lowest BCUT2D eigenvalue weighted by atomic mass is 10.2. The molecule has 146 valence electrons. The molecular weight excluding hydrogens is 346 g/mol. The average Bonchev–Trinajstić information content (AvgIpc) is 3.05. The monoisotopic (exact) mass is 375 g/mol. The van der Waals surface area contributed by atoms with Crippen LogP contribution in [-0.4, -0.2) is 29.9 Å². The first-order valence-corrected chi connectivity index (χ1v) is 10.2. The number of hydrogen-bond donors (Lipinski definition) is 0. The van der Waals surface area contributed by atoms with Crippen LogP contribution in [-0.2, 0) is 4.79 Å². The lowest BCUT2D eigenvalue weighted by Crippen LogP contribution is -2.45. The molecule has 0 radical (unpaired) electrons. The minimum atomic E-state index is -0.0666. The van der Waals surface area contributed by atoms with Gasteiger partial charge in [0.25, 0.3) is 5.91 Å².